The maximum atomic E-state index is 11.7. The van der Waals surface area contributed by atoms with Gasteiger partial charge < -0.3 is 31.8 Å². The zero-order valence-electron chi connectivity index (χ0n) is 12.2. The van der Waals surface area contributed by atoms with Crippen LogP contribution in [0, 0.1) is 0 Å². The molecule has 0 bridgehead atoms. The van der Waals surface area contributed by atoms with Gasteiger partial charge in [0.25, 0.3) is 0 Å². The van der Waals surface area contributed by atoms with Crippen molar-refractivity contribution in [2.24, 2.45) is 5.73 Å². The molecule has 1 atom stereocenters. The average molecular weight is 326 g/mol. The number of carbonyl (C=O) groups excluding carboxylic acids is 3. The number of hydrogen-bond acceptors (Lipinski definition) is 6. The van der Waals surface area contributed by atoms with E-state index in [-0.39, 0.29) is 19.5 Å². The predicted molar refractivity (Wildman–Crippen MR) is 76.9 cm³/mol. The lowest BCUT2D eigenvalue weighted by Crippen LogP contribution is -2.47. The first kappa shape index (κ1) is 18.1. The number of aliphatic carboxylic acids is 1. The molecular formula is C12H18N6O5. The molecule has 0 fully saturated rings. The fraction of sp³-hybridized carbons (Fsp3) is 0.417. The van der Waals surface area contributed by atoms with Gasteiger partial charge in [-0.15, -0.1) is 0 Å². The normalized spacial score (nSPS) is 11.3. The van der Waals surface area contributed by atoms with Crippen LogP contribution < -0.4 is 21.7 Å². The summed E-state index contributed by atoms with van der Waals surface area (Å²) in [6.07, 6.45) is 3.24. The van der Waals surface area contributed by atoms with Crippen LogP contribution in [0.4, 0.5) is 0 Å². The van der Waals surface area contributed by atoms with Crippen LogP contribution >= 0.6 is 0 Å². The van der Waals surface area contributed by atoms with Crippen molar-refractivity contribution in [1.29, 1.82) is 0 Å². The van der Waals surface area contributed by atoms with E-state index < -0.39 is 36.3 Å². The number of carbonyl (C=O) groups is 4. The van der Waals surface area contributed by atoms with Crippen molar-refractivity contribution in [3.05, 3.63) is 18.2 Å². The maximum absolute atomic E-state index is 11.7. The molecule has 11 heteroatoms. The number of aromatic amines is 1. The fourth-order valence-electron chi connectivity index (χ4n) is 1.50. The predicted octanol–water partition coefficient (Wildman–Crippen LogP) is -3.29. The van der Waals surface area contributed by atoms with Crippen LogP contribution in [0.2, 0.25) is 0 Å². The quantitative estimate of drug-likeness (QED) is 0.275. The second-order valence-corrected chi connectivity index (χ2v) is 4.55. The van der Waals surface area contributed by atoms with Gasteiger partial charge in [0, 0.05) is 18.3 Å². The average Bonchev–Trinajstić information content (AvgIpc) is 3.01. The van der Waals surface area contributed by atoms with Crippen molar-refractivity contribution in [1.82, 2.24) is 25.9 Å². The van der Waals surface area contributed by atoms with Crippen molar-refractivity contribution in [2.75, 3.05) is 19.6 Å². The van der Waals surface area contributed by atoms with E-state index in [0.717, 1.165) is 0 Å². The number of H-pyrrole nitrogens is 1. The highest BCUT2D eigenvalue weighted by molar-refractivity contribution is 5.90. The Hall–Kier alpha value is -2.95. The second-order valence-electron chi connectivity index (χ2n) is 4.55. The number of nitrogens with one attached hydrogen (secondary N) is 4. The van der Waals surface area contributed by atoms with Crippen LogP contribution in [-0.4, -0.2) is 64.4 Å². The summed E-state index contributed by atoms with van der Waals surface area (Å²) in [5, 5.41) is 15.0. The zero-order chi connectivity index (χ0) is 17.2. The van der Waals surface area contributed by atoms with Crippen LogP contribution in [0.15, 0.2) is 12.5 Å². The number of carboxylic acid groups (broad SMARTS) is 1. The molecule has 0 spiro atoms. The number of aromatic nitrogens is 2. The topological polar surface area (TPSA) is 179 Å². The molecular weight excluding hydrogens is 308 g/mol. The van der Waals surface area contributed by atoms with Crippen LogP contribution in [0.5, 0.6) is 0 Å². The largest absolute Gasteiger partial charge is 0.480 e. The molecule has 1 aromatic heterocycles. The summed E-state index contributed by atoms with van der Waals surface area (Å²) in [6.45, 7) is -1.27. The number of imidazole rings is 1. The molecule has 0 unspecified atom stereocenters. The first-order valence-corrected chi connectivity index (χ1v) is 6.64. The maximum Gasteiger partial charge on any atom is 0.322 e. The van der Waals surface area contributed by atoms with E-state index in [1.54, 1.807) is 0 Å². The van der Waals surface area contributed by atoms with Gasteiger partial charge in [-0.3, -0.25) is 19.2 Å². The van der Waals surface area contributed by atoms with Gasteiger partial charge in [-0.05, 0) is 0 Å². The lowest BCUT2D eigenvalue weighted by Gasteiger charge is -2.11. The third-order valence-corrected chi connectivity index (χ3v) is 2.64. The highest BCUT2D eigenvalue weighted by Gasteiger charge is 2.15. The van der Waals surface area contributed by atoms with Crippen LogP contribution in [0.25, 0.3) is 0 Å². The molecule has 1 aromatic rings. The van der Waals surface area contributed by atoms with E-state index in [9.17, 15) is 19.2 Å². The van der Waals surface area contributed by atoms with Crippen molar-refractivity contribution >= 4 is 23.7 Å². The number of rotatable bonds is 9. The third-order valence-electron chi connectivity index (χ3n) is 2.64. The van der Waals surface area contributed by atoms with Gasteiger partial charge in [0.05, 0.1) is 25.5 Å². The highest BCUT2D eigenvalue weighted by Crippen LogP contribution is 1.95. The Morgan fingerprint density at radius 2 is 1.74 bits per heavy atom. The number of carboxylic acids is 1. The van der Waals surface area contributed by atoms with Gasteiger partial charge in [-0.1, -0.05) is 0 Å². The summed E-state index contributed by atoms with van der Waals surface area (Å²) in [6, 6.07) is -0.845. The van der Waals surface area contributed by atoms with Crippen LogP contribution in [0.3, 0.4) is 0 Å². The van der Waals surface area contributed by atoms with Crippen molar-refractivity contribution in [3.8, 4) is 0 Å². The monoisotopic (exact) mass is 326 g/mol. The molecule has 1 heterocycles. The lowest BCUT2D eigenvalue weighted by molar-refractivity contribution is -0.137. The Morgan fingerprint density at radius 1 is 1.13 bits per heavy atom. The van der Waals surface area contributed by atoms with Gasteiger partial charge in [-0.25, -0.2) is 4.98 Å². The molecule has 0 aliphatic rings. The molecule has 0 saturated carbocycles. The molecule has 0 aliphatic carbocycles. The summed E-state index contributed by atoms with van der Waals surface area (Å²) in [5.41, 5.74) is 6.36. The van der Waals surface area contributed by atoms with E-state index in [1.165, 1.54) is 12.5 Å². The summed E-state index contributed by atoms with van der Waals surface area (Å²) in [7, 11) is 0. The Labute approximate surface area is 131 Å². The van der Waals surface area contributed by atoms with Gasteiger partial charge in [0.2, 0.25) is 17.7 Å². The van der Waals surface area contributed by atoms with Gasteiger partial charge in [0.15, 0.2) is 0 Å². The number of amides is 3. The van der Waals surface area contributed by atoms with Crippen molar-refractivity contribution < 1.29 is 24.3 Å². The standard InChI is InChI=1S/C12H18N6O5/c13-8(1-7-2-14-6-18-7)12(23)17-4-10(20)15-3-9(19)16-5-11(21)22/h2,6,8H,1,3-5,13H2,(H,14,18)(H,15,20)(H,16,19)(H,17,23)(H,21,22)/t8-/m0/s1. The molecule has 3 amide bonds. The number of nitrogens with two attached hydrogens (primary N) is 1. The first-order chi connectivity index (χ1) is 10.9. The second kappa shape index (κ2) is 9.15. The van der Waals surface area contributed by atoms with E-state index in [2.05, 4.69) is 25.9 Å². The molecule has 0 saturated heterocycles. The lowest BCUT2D eigenvalue weighted by atomic mass is 10.1. The summed E-state index contributed by atoms with van der Waals surface area (Å²) >= 11 is 0. The molecule has 1 rings (SSSR count). The van der Waals surface area contributed by atoms with E-state index in [1.807, 2.05) is 0 Å². The fourth-order valence-corrected chi connectivity index (χ4v) is 1.50. The summed E-state index contributed by atoms with van der Waals surface area (Å²) in [5.74, 6) is -2.96. The van der Waals surface area contributed by atoms with Crippen molar-refractivity contribution in [3.63, 3.8) is 0 Å². The van der Waals surface area contributed by atoms with Gasteiger partial charge in [0.1, 0.15) is 6.54 Å². The third kappa shape index (κ3) is 7.57. The molecule has 0 radical (unpaired) electrons. The number of hydrogen-bond donors (Lipinski definition) is 6. The van der Waals surface area contributed by atoms with E-state index in [0.29, 0.717) is 5.69 Å². The number of nitrogens with zero attached hydrogens (tertiary/aromatic N) is 1. The highest BCUT2D eigenvalue weighted by atomic mass is 16.4. The Bertz CT molecular complexity index is 558. The van der Waals surface area contributed by atoms with E-state index >= 15 is 0 Å². The summed E-state index contributed by atoms with van der Waals surface area (Å²) < 4.78 is 0. The Balaban J connectivity index is 2.20. The van der Waals surface area contributed by atoms with E-state index in [4.69, 9.17) is 10.8 Å². The minimum atomic E-state index is -1.19. The molecule has 0 aromatic carbocycles. The Morgan fingerprint density at radius 3 is 2.30 bits per heavy atom. The van der Waals surface area contributed by atoms with Gasteiger partial charge in [-0.2, -0.15) is 0 Å². The SMILES string of the molecule is N[C@@H](Cc1cnc[nH]1)C(=O)NCC(=O)NCC(=O)NCC(=O)O. The molecule has 0 aliphatic heterocycles. The van der Waals surface area contributed by atoms with Gasteiger partial charge >= 0.3 is 5.97 Å². The molecule has 11 nitrogen and oxygen atoms in total. The molecule has 126 valence electrons. The minimum absolute atomic E-state index is 0.241. The molecule has 23 heavy (non-hydrogen) atoms. The summed E-state index contributed by atoms with van der Waals surface area (Å²) in [4.78, 5) is 51.1. The van der Waals surface area contributed by atoms with Crippen molar-refractivity contribution in [2.45, 2.75) is 12.5 Å². The Kier molecular flexibility index (Phi) is 7.20. The first-order valence-electron chi connectivity index (χ1n) is 6.64. The minimum Gasteiger partial charge on any atom is -0.480 e. The van der Waals surface area contributed by atoms with Crippen LogP contribution in [-0.2, 0) is 25.6 Å². The molecule has 7 N–H and O–H groups in total. The smallest absolute Gasteiger partial charge is 0.322 e. The van der Waals surface area contributed by atoms with Crippen LogP contribution in [0.1, 0.15) is 5.69 Å². The zero-order valence-corrected chi connectivity index (χ0v) is 12.2.